The van der Waals surface area contributed by atoms with Crippen molar-refractivity contribution in [1.29, 1.82) is 0 Å². The summed E-state index contributed by atoms with van der Waals surface area (Å²) in [4.78, 5) is 10.3. The van der Waals surface area contributed by atoms with E-state index in [1.54, 1.807) is 18.5 Å². The molecule has 5 rings (SSSR count). The molecule has 0 aliphatic heterocycles. The zero-order valence-electron chi connectivity index (χ0n) is 22.4. The van der Waals surface area contributed by atoms with Gasteiger partial charge in [-0.2, -0.15) is 0 Å². The molecule has 0 aliphatic carbocycles. The molecule has 0 N–H and O–H groups in total. The van der Waals surface area contributed by atoms with E-state index in [-0.39, 0.29) is 5.75 Å². The van der Waals surface area contributed by atoms with Gasteiger partial charge < -0.3 is 4.74 Å². The van der Waals surface area contributed by atoms with Gasteiger partial charge in [-0.25, -0.2) is 4.98 Å². The predicted molar refractivity (Wildman–Crippen MR) is 159 cm³/mol. The van der Waals surface area contributed by atoms with E-state index >= 15 is 0 Å². The number of hydrogen-bond donors (Lipinski definition) is 0. The van der Waals surface area contributed by atoms with Crippen molar-refractivity contribution in [1.82, 2.24) is 9.55 Å². The van der Waals surface area contributed by atoms with Gasteiger partial charge in [0, 0.05) is 28.1 Å². The fourth-order valence-electron chi connectivity index (χ4n) is 4.95. The van der Waals surface area contributed by atoms with Crippen LogP contribution >= 0.6 is 12.2 Å². The summed E-state index contributed by atoms with van der Waals surface area (Å²) in [6, 6.07) is 22.2. The molecule has 0 bridgehead atoms. The van der Waals surface area contributed by atoms with Crippen molar-refractivity contribution in [3.05, 3.63) is 101 Å². The van der Waals surface area contributed by atoms with Crippen LogP contribution in [0.4, 0.5) is 13.2 Å². The fraction of sp³-hybridized carbons (Fsp3) is 0.219. The lowest BCUT2D eigenvalue weighted by atomic mass is 9.96. The van der Waals surface area contributed by atoms with Gasteiger partial charge in [-0.05, 0) is 84.3 Å². The van der Waals surface area contributed by atoms with E-state index in [1.165, 1.54) is 28.8 Å². The van der Waals surface area contributed by atoms with Crippen LogP contribution in [-0.2, 0) is 12.8 Å². The first-order valence-electron chi connectivity index (χ1n) is 13.0. The molecule has 0 fully saturated rings. The quantitative estimate of drug-likeness (QED) is 0.142. The number of imidazole rings is 1. The number of thiocarbonyl (C=S) groups is 1. The van der Waals surface area contributed by atoms with Crippen LogP contribution < -0.4 is 4.74 Å². The summed E-state index contributed by atoms with van der Waals surface area (Å²) >= 11 is 5.70. The number of rotatable bonds is 8. The Balaban J connectivity index is 1.35. The van der Waals surface area contributed by atoms with Crippen molar-refractivity contribution in [2.45, 2.75) is 40.0 Å². The molecule has 40 heavy (non-hydrogen) atoms. The second kappa shape index (κ2) is 11.2. The third kappa shape index (κ3) is 5.92. The van der Waals surface area contributed by atoms with Gasteiger partial charge in [0.25, 0.3) is 0 Å². The molecular weight excluding hydrogens is 531 g/mol. The number of ether oxygens (including phenoxy) is 1. The largest absolute Gasteiger partial charge is 0.573 e. The first kappa shape index (κ1) is 27.5. The molecule has 0 atom stereocenters. The molecule has 0 spiro atoms. The van der Waals surface area contributed by atoms with Gasteiger partial charge in [0.2, 0.25) is 0 Å². The van der Waals surface area contributed by atoms with E-state index in [2.05, 4.69) is 47.8 Å². The molecule has 204 valence electrons. The molecule has 0 amide bonds. The third-order valence-electron chi connectivity index (χ3n) is 7.05. The number of halogens is 3. The fourth-order valence-corrected chi connectivity index (χ4v) is 5.16. The van der Waals surface area contributed by atoms with Crippen LogP contribution in [0.15, 0.2) is 84.1 Å². The van der Waals surface area contributed by atoms with Crippen molar-refractivity contribution in [3.63, 3.8) is 0 Å². The van der Waals surface area contributed by atoms with Gasteiger partial charge in [-0.1, -0.05) is 55.5 Å². The summed E-state index contributed by atoms with van der Waals surface area (Å²) in [5.74, 6) is -0.266. The lowest BCUT2D eigenvalue weighted by Crippen LogP contribution is -2.17. The minimum absolute atomic E-state index is 0.266. The second-order valence-corrected chi connectivity index (χ2v) is 10.3. The Morgan fingerprint density at radius 2 is 1.80 bits per heavy atom. The van der Waals surface area contributed by atoms with Crippen LogP contribution in [0.3, 0.4) is 0 Å². The number of aryl methyl sites for hydroxylation is 2. The van der Waals surface area contributed by atoms with E-state index in [0.717, 1.165) is 50.8 Å². The maximum Gasteiger partial charge on any atom is 0.573 e. The summed E-state index contributed by atoms with van der Waals surface area (Å²) in [5, 5.41) is 2.00. The van der Waals surface area contributed by atoms with Crippen LogP contribution in [0, 0.1) is 6.92 Å². The van der Waals surface area contributed by atoms with Crippen LogP contribution in [0.5, 0.6) is 5.75 Å². The zero-order valence-corrected chi connectivity index (χ0v) is 23.2. The first-order chi connectivity index (χ1) is 19.1. The first-order valence-corrected chi connectivity index (χ1v) is 13.4. The summed E-state index contributed by atoms with van der Waals surface area (Å²) in [6.45, 7) is 6.78. The molecule has 1 aromatic heterocycles. The maximum atomic E-state index is 12.5. The van der Waals surface area contributed by atoms with E-state index in [1.807, 2.05) is 35.8 Å². The average molecular weight is 560 g/mol. The highest BCUT2D eigenvalue weighted by molar-refractivity contribution is 7.80. The van der Waals surface area contributed by atoms with Crippen molar-refractivity contribution in [2.24, 2.45) is 4.99 Å². The highest BCUT2D eigenvalue weighted by atomic mass is 32.1. The number of nitrogens with zero attached hydrogens (tertiary/aromatic N) is 3. The lowest BCUT2D eigenvalue weighted by molar-refractivity contribution is -0.274. The second-order valence-electron chi connectivity index (χ2n) is 9.71. The van der Waals surface area contributed by atoms with E-state index in [4.69, 9.17) is 17.2 Å². The Hall–Kier alpha value is -4.04. The lowest BCUT2D eigenvalue weighted by Gasteiger charge is -2.12. The number of alkyl halides is 3. The summed E-state index contributed by atoms with van der Waals surface area (Å²) < 4.78 is 43.3. The summed E-state index contributed by atoms with van der Waals surface area (Å²) in [5.41, 5.74) is 8.17. The van der Waals surface area contributed by atoms with Crippen molar-refractivity contribution in [2.75, 3.05) is 6.54 Å². The number of aliphatic imine (C=N–C) groups is 1. The molecule has 4 nitrogen and oxygen atoms in total. The Kier molecular flexibility index (Phi) is 7.72. The Bertz CT molecular complexity index is 1740. The van der Waals surface area contributed by atoms with E-state index in [0.29, 0.717) is 12.2 Å². The third-order valence-corrected chi connectivity index (χ3v) is 7.33. The van der Waals surface area contributed by atoms with Crippen molar-refractivity contribution >= 4 is 44.6 Å². The smallest absolute Gasteiger partial charge is 0.406 e. The standard InChI is InChI=1S/C32H28F3N3OS/c1-4-22-7-5-6-20(2)29(22)17-27(40)18-36-21(3)23-8-14-28-24(16-23)9-15-30-31(28)37-19-38(30)25-10-12-26(13-11-25)39-32(33,34)35/h5-16,19H,4,17-18H2,1-3H3. The van der Waals surface area contributed by atoms with E-state index in [9.17, 15) is 13.2 Å². The highest BCUT2D eigenvalue weighted by Crippen LogP contribution is 2.29. The molecule has 5 aromatic rings. The molecule has 0 aliphatic rings. The molecule has 8 heteroatoms. The van der Waals surface area contributed by atoms with Gasteiger partial charge in [0.05, 0.1) is 17.6 Å². The summed E-state index contributed by atoms with van der Waals surface area (Å²) in [6.07, 6.45) is -1.33. The zero-order chi connectivity index (χ0) is 28.4. The molecule has 0 radical (unpaired) electrons. The SMILES string of the molecule is CCc1cccc(C)c1CC(=S)CN=C(C)c1ccc2c(ccc3c2ncn3-c2ccc(OC(F)(F)F)cc2)c1. The van der Waals surface area contributed by atoms with Gasteiger partial charge in [-0.3, -0.25) is 9.56 Å². The van der Waals surface area contributed by atoms with Gasteiger partial charge in [0.1, 0.15) is 12.1 Å². The van der Waals surface area contributed by atoms with Gasteiger partial charge >= 0.3 is 6.36 Å². The van der Waals surface area contributed by atoms with Crippen molar-refractivity contribution in [3.8, 4) is 11.4 Å². The van der Waals surface area contributed by atoms with Gasteiger partial charge in [-0.15, -0.1) is 13.2 Å². The molecule has 1 heterocycles. The Morgan fingerprint density at radius 1 is 1.02 bits per heavy atom. The van der Waals surface area contributed by atoms with Crippen LogP contribution in [0.1, 0.15) is 36.1 Å². The number of aromatic nitrogens is 2. The molecular formula is C32H28F3N3OS. The molecule has 0 unspecified atom stereocenters. The number of hydrogen-bond acceptors (Lipinski definition) is 4. The molecule has 0 saturated carbocycles. The average Bonchev–Trinajstić information content (AvgIpc) is 3.36. The number of benzene rings is 4. The minimum atomic E-state index is -4.73. The molecule has 4 aromatic carbocycles. The van der Waals surface area contributed by atoms with Crippen LogP contribution in [-0.4, -0.2) is 33.0 Å². The maximum absolute atomic E-state index is 12.5. The normalized spacial score (nSPS) is 12.3. The van der Waals surface area contributed by atoms with Crippen molar-refractivity contribution < 1.29 is 17.9 Å². The predicted octanol–water partition coefficient (Wildman–Crippen LogP) is 8.37. The monoisotopic (exact) mass is 559 g/mol. The topological polar surface area (TPSA) is 39.4 Å². The Labute approximate surface area is 236 Å². The Morgan fingerprint density at radius 3 is 2.52 bits per heavy atom. The molecule has 0 saturated heterocycles. The van der Waals surface area contributed by atoms with Gasteiger partial charge in [0.15, 0.2) is 0 Å². The number of fused-ring (bicyclic) bond motifs is 3. The van der Waals surface area contributed by atoms with E-state index < -0.39 is 6.36 Å². The summed E-state index contributed by atoms with van der Waals surface area (Å²) in [7, 11) is 0. The highest BCUT2D eigenvalue weighted by Gasteiger charge is 2.31. The van der Waals surface area contributed by atoms with Crippen LogP contribution in [0.2, 0.25) is 0 Å². The minimum Gasteiger partial charge on any atom is -0.406 e. The van der Waals surface area contributed by atoms with Crippen LogP contribution in [0.25, 0.3) is 27.5 Å².